The molecule has 0 radical (unpaired) electrons. The number of hydrogen-bond acceptors (Lipinski definition) is 2. The summed E-state index contributed by atoms with van der Waals surface area (Å²) in [5.74, 6) is -0.308. The summed E-state index contributed by atoms with van der Waals surface area (Å²) in [5, 5.41) is 5.24. The molecule has 0 aliphatic heterocycles. The number of hydrogen-bond donors (Lipinski definition) is 1. The number of nitrogens with zero attached hydrogens (tertiary/aromatic N) is 2. The van der Waals surface area contributed by atoms with E-state index in [0.29, 0.717) is 32.7 Å². The van der Waals surface area contributed by atoms with Crippen molar-refractivity contribution in [2.45, 2.75) is 0 Å². The molecule has 0 amide bonds. The van der Waals surface area contributed by atoms with E-state index in [1.807, 2.05) is 0 Å². The minimum Gasteiger partial charge on any atom is -0.396 e. The summed E-state index contributed by atoms with van der Waals surface area (Å²) < 4.78 is 14.5. The fraction of sp³-hybridized carbons (Fsp3) is 0. The number of nitrogen functional groups attached to an aromatic ring is 1. The number of anilines is 1. The van der Waals surface area contributed by atoms with Crippen molar-refractivity contribution in [1.29, 1.82) is 0 Å². The summed E-state index contributed by atoms with van der Waals surface area (Å²) in [4.78, 5) is 0. The van der Waals surface area contributed by atoms with Crippen LogP contribution in [0, 0.1) is 5.82 Å². The molecular formula is C15H10Cl2FN3. The molecule has 2 aromatic carbocycles. The Hall–Kier alpha value is -2.04. The Morgan fingerprint density at radius 1 is 1.05 bits per heavy atom. The summed E-state index contributed by atoms with van der Waals surface area (Å²) in [7, 11) is 0. The number of rotatable bonds is 2. The van der Waals surface area contributed by atoms with Gasteiger partial charge in [-0.25, -0.2) is 9.07 Å². The lowest BCUT2D eigenvalue weighted by Gasteiger charge is -2.04. The third kappa shape index (κ3) is 2.60. The molecule has 0 atom stereocenters. The quantitative estimate of drug-likeness (QED) is 0.751. The maximum absolute atomic E-state index is 13.0. The van der Waals surface area contributed by atoms with Gasteiger partial charge in [0.05, 0.1) is 27.6 Å². The van der Waals surface area contributed by atoms with Crippen molar-refractivity contribution in [3.63, 3.8) is 0 Å². The monoisotopic (exact) mass is 321 g/mol. The van der Waals surface area contributed by atoms with Gasteiger partial charge < -0.3 is 5.73 Å². The van der Waals surface area contributed by atoms with E-state index < -0.39 is 0 Å². The standard InChI is InChI=1S/C15H10Cl2FN3/c16-12-3-1-2-11(14(12)17)15-13(19)8-21(20-15)10-6-4-9(18)5-7-10/h1-8H,19H2. The number of aromatic nitrogens is 2. The van der Waals surface area contributed by atoms with E-state index in [1.165, 1.54) is 12.1 Å². The van der Waals surface area contributed by atoms with Gasteiger partial charge in [-0.15, -0.1) is 0 Å². The lowest BCUT2D eigenvalue weighted by Crippen LogP contribution is -1.95. The van der Waals surface area contributed by atoms with E-state index in [0.717, 1.165) is 0 Å². The van der Waals surface area contributed by atoms with Crippen molar-refractivity contribution in [2.24, 2.45) is 0 Å². The first kappa shape index (κ1) is 13.9. The zero-order valence-electron chi connectivity index (χ0n) is 10.7. The van der Waals surface area contributed by atoms with Crippen LogP contribution in [-0.2, 0) is 0 Å². The maximum Gasteiger partial charge on any atom is 0.123 e. The Bertz CT molecular complexity index is 797. The van der Waals surface area contributed by atoms with Crippen LogP contribution in [0.3, 0.4) is 0 Å². The third-order valence-corrected chi connectivity index (χ3v) is 3.86. The van der Waals surface area contributed by atoms with Crippen LogP contribution in [0.1, 0.15) is 0 Å². The second kappa shape index (κ2) is 5.39. The number of benzene rings is 2. The zero-order valence-corrected chi connectivity index (χ0v) is 12.2. The van der Waals surface area contributed by atoms with Crippen LogP contribution in [-0.4, -0.2) is 9.78 Å². The highest BCUT2D eigenvalue weighted by atomic mass is 35.5. The van der Waals surface area contributed by atoms with Crippen molar-refractivity contribution in [3.05, 3.63) is 64.5 Å². The predicted molar refractivity (Wildman–Crippen MR) is 83.4 cm³/mol. The van der Waals surface area contributed by atoms with Crippen LogP contribution in [0.25, 0.3) is 16.9 Å². The molecule has 106 valence electrons. The van der Waals surface area contributed by atoms with Crippen LogP contribution in [0.4, 0.5) is 10.1 Å². The van der Waals surface area contributed by atoms with Crippen molar-refractivity contribution >= 4 is 28.9 Å². The smallest absolute Gasteiger partial charge is 0.123 e. The third-order valence-electron chi connectivity index (χ3n) is 3.04. The highest BCUT2D eigenvalue weighted by molar-refractivity contribution is 6.43. The molecule has 0 bridgehead atoms. The average molecular weight is 322 g/mol. The molecule has 0 fully saturated rings. The van der Waals surface area contributed by atoms with E-state index in [-0.39, 0.29) is 5.82 Å². The van der Waals surface area contributed by atoms with Crippen LogP contribution in [0.15, 0.2) is 48.7 Å². The fourth-order valence-electron chi connectivity index (χ4n) is 2.01. The first-order valence-electron chi connectivity index (χ1n) is 6.12. The Balaban J connectivity index is 2.10. The zero-order chi connectivity index (χ0) is 15.0. The Morgan fingerprint density at radius 3 is 2.48 bits per heavy atom. The van der Waals surface area contributed by atoms with E-state index in [9.17, 15) is 4.39 Å². The van der Waals surface area contributed by atoms with Crippen molar-refractivity contribution < 1.29 is 4.39 Å². The normalized spacial score (nSPS) is 10.8. The molecule has 6 heteroatoms. The van der Waals surface area contributed by atoms with Gasteiger partial charge in [-0.3, -0.25) is 0 Å². The Kier molecular flexibility index (Phi) is 3.57. The molecule has 1 aromatic heterocycles. The van der Waals surface area contributed by atoms with Gasteiger partial charge in [-0.05, 0) is 30.3 Å². The first-order chi connectivity index (χ1) is 10.1. The minimum atomic E-state index is -0.308. The van der Waals surface area contributed by atoms with Crippen molar-refractivity contribution in [2.75, 3.05) is 5.73 Å². The van der Waals surface area contributed by atoms with Crippen molar-refractivity contribution in [3.8, 4) is 16.9 Å². The van der Waals surface area contributed by atoms with Gasteiger partial charge in [0, 0.05) is 5.56 Å². The lowest BCUT2D eigenvalue weighted by atomic mass is 10.1. The molecule has 2 N–H and O–H groups in total. The van der Waals surface area contributed by atoms with Gasteiger partial charge in [0.1, 0.15) is 11.5 Å². The molecule has 0 saturated heterocycles. The highest BCUT2D eigenvalue weighted by Gasteiger charge is 2.14. The minimum absolute atomic E-state index is 0.308. The SMILES string of the molecule is Nc1cn(-c2ccc(F)cc2)nc1-c1cccc(Cl)c1Cl. The molecule has 0 aliphatic rings. The molecule has 0 aliphatic carbocycles. The maximum atomic E-state index is 13.0. The van der Waals surface area contributed by atoms with Crippen LogP contribution < -0.4 is 5.73 Å². The molecule has 3 rings (SSSR count). The number of halogens is 3. The van der Waals surface area contributed by atoms with Crippen LogP contribution in [0.2, 0.25) is 10.0 Å². The molecule has 0 saturated carbocycles. The number of nitrogens with two attached hydrogens (primary N) is 1. The van der Waals surface area contributed by atoms with E-state index in [4.69, 9.17) is 28.9 Å². The van der Waals surface area contributed by atoms with Gasteiger partial charge in [-0.2, -0.15) is 5.10 Å². The van der Waals surface area contributed by atoms with Crippen LogP contribution in [0.5, 0.6) is 0 Å². The topological polar surface area (TPSA) is 43.8 Å². The molecule has 0 unspecified atom stereocenters. The summed E-state index contributed by atoms with van der Waals surface area (Å²) in [6.07, 6.45) is 1.65. The van der Waals surface area contributed by atoms with Crippen molar-refractivity contribution in [1.82, 2.24) is 9.78 Å². The summed E-state index contributed by atoms with van der Waals surface area (Å²) in [5.41, 5.74) is 8.35. The van der Waals surface area contributed by atoms with Gasteiger partial charge >= 0.3 is 0 Å². The fourth-order valence-corrected chi connectivity index (χ4v) is 2.40. The highest BCUT2D eigenvalue weighted by Crippen LogP contribution is 2.35. The van der Waals surface area contributed by atoms with Gasteiger partial charge in [0.2, 0.25) is 0 Å². The Morgan fingerprint density at radius 2 is 1.76 bits per heavy atom. The molecule has 1 heterocycles. The van der Waals surface area contributed by atoms with E-state index >= 15 is 0 Å². The summed E-state index contributed by atoms with van der Waals surface area (Å²) in [6.45, 7) is 0. The molecule has 0 spiro atoms. The lowest BCUT2D eigenvalue weighted by molar-refractivity contribution is 0.627. The average Bonchev–Trinajstić information content (AvgIpc) is 2.84. The molecule has 21 heavy (non-hydrogen) atoms. The van der Waals surface area contributed by atoms with Gasteiger partial charge in [-0.1, -0.05) is 35.3 Å². The summed E-state index contributed by atoms with van der Waals surface area (Å²) >= 11 is 12.2. The molecule has 3 aromatic rings. The van der Waals surface area contributed by atoms with E-state index in [2.05, 4.69) is 5.10 Å². The second-order valence-electron chi connectivity index (χ2n) is 4.46. The predicted octanol–water partition coefficient (Wildman–Crippen LogP) is 4.57. The Labute approximate surface area is 130 Å². The second-order valence-corrected chi connectivity index (χ2v) is 5.24. The first-order valence-corrected chi connectivity index (χ1v) is 6.87. The largest absolute Gasteiger partial charge is 0.396 e. The molecular weight excluding hydrogens is 312 g/mol. The van der Waals surface area contributed by atoms with Crippen LogP contribution >= 0.6 is 23.2 Å². The van der Waals surface area contributed by atoms with Gasteiger partial charge in [0.15, 0.2) is 0 Å². The van der Waals surface area contributed by atoms with E-state index in [1.54, 1.807) is 41.2 Å². The molecule has 3 nitrogen and oxygen atoms in total. The van der Waals surface area contributed by atoms with Gasteiger partial charge in [0.25, 0.3) is 0 Å². The summed E-state index contributed by atoms with van der Waals surface area (Å²) in [6, 6.07) is 11.2.